The highest BCUT2D eigenvalue weighted by Gasteiger charge is 2.29. The van der Waals surface area contributed by atoms with Gasteiger partial charge in [0.1, 0.15) is 11.4 Å². The number of aryl methyl sites for hydroxylation is 1. The smallest absolute Gasteiger partial charge is 0.320 e. The highest BCUT2D eigenvalue weighted by atomic mass is 19.1. The first-order valence-electron chi connectivity index (χ1n) is 13.3. The van der Waals surface area contributed by atoms with E-state index in [1.807, 2.05) is 69.3 Å². The summed E-state index contributed by atoms with van der Waals surface area (Å²) in [6.45, 7) is 6.05. The van der Waals surface area contributed by atoms with Crippen LogP contribution in [-0.4, -0.2) is 37.1 Å². The fourth-order valence-corrected chi connectivity index (χ4v) is 4.40. The van der Waals surface area contributed by atoms with E-state index in [0.29, 0.717) is 35.5 Å². The van der Waals surface area contributed by atoms with E-state index in [0.717, 1.165) is 22.4 Å². The highest BCUT2D eigenvalue weighted by molar-refractivity contribution is 6.37. The Morgan fingerprint density at radius 2 is 1.61 bits per heavy atom. The van der Waals surface area contributed by atoms with Crippen LogP contribution < -0.4 is 16.0 Å². The molecule has 0 saturated heterocycles. The Morgan fingerprint density at radius 1 is 0.927 bits per heavy atom. The Labute approximate surface area is 238 Å². The van der Waals surface area contributed by atoms with E-state index < -0.39 is 11.4 Å². The third-order valence-electron chi connectivity index (χ3n) is 6.31. The quantitative estimate of drug-likeness (QED) is 0.229. The van der Waals surface area contributed by atoms with E-state index in [9.17, 15) is 18.8 Å². The van der Waals surface area contributed by atoms with Gasteiger partial charge in [0.05, 0.1) is 30.6 Å². The van der Waals surface area contributed by atoms with E-state index in [1.54, 1.807) is 6.07 Å². The van der Waals surface area contributed by atoms with Crippen molar-refractivity contribution < 1.29 is 28.2 Å². The largest absolute Gasteiger partial charge is 0.469 e. The third kappa shape index (κ3) is 8.02. The van der Waals surface area contributed by atoms with Crippen LogP contribution in [0.5, 0.6) is 0 Å². The van der Waals surface area contributed by atoms with Crippen molar-refractivity contribution in [3.8, 4) is 0 Å². The minimum absolute atomic E-state index is 0.0955. The molecule has 0 radical (unpaired) electrons. The van der Waals surface area contributed by atoms with Crippen LogP contribution in [0, 0.1) is 5.82 Å². The lowest BCUT2D eigenvalue weighted by molar-refractivity contribution is -0.153. The first-order chi connectivity index (χ1) is 19.5. The summed E-state index contributed by atoms with van der Waals surface area (Å²) >= 11 is 0. The van der Waals surface area contributed by atoms with Gasteiger partial charge in [0.2, 0.25) is 0 Å². The number of hydrogen-bond acceptors (Lipinski definition) is 7. The van der Waals surface area contributed by atoms with E-state index in [4.69, 9.17) is 9.47 Å². The van der Waals surface area contributed by atoms with Gasteiger partial charge in [-0.1, -0.05) is 36.4 Å². The molecular formula is C32H34FN3O5. The van der Waals surface area contributed by atoms with Gasteiger partial charge in [0.25, 0.3) is 5.91 Å². The van der Waals surface area contributed by atoms with Crippen LogP contribution >= 0.6 is 0 Å². The summed E-state index contributed by atoms with van der Waals surface area (Å²) in [6.07, 6.45) is 0.792. The molecule has 1 heterocycles. The third-order valence-corrected chi connectivity index (χ3v) is 6.31. The van der Waals surface area contributed by atoms with Crippen molar-refractivity contribution >= 4 is 40.5 Å². The summed E-state index contributed by atoms with van der Waals surface area (Å²) in [5, 5.41) is 9.23. The molecule has 9 heteroatoms. The van der Waals surface area contributed by atoms with Crippen LogP contribution in [0.15, 0.2) is 66.7 Å². The van der Waals surface area contributed by atoms with Crippen LogP contribution in [0.25, 0.3) is 11.3 Å². The number of nitrogens with one attached hydrogen (secondary N) is 3. The molecule has 1 aliphatic rings. The van der Waals surface area contributed by atoms with Crippen molar-refractivity contribution in [3.05, 3.63) is 94.8 Å². The molecule has 0 bridgehead atoms. The first-order valence-corrected chi connectivity index (χ1v) is 13.3. The molecule has 1 aliphatic heterocycles. The SMILES string of the molecule is COC(=O)CCc1ccc(/C(Nc2ccc(CNCC(=O)OC(C)(C)C)cc2)=C2/C(=O)Nc3cc(F)ccc32)cc1. The molecule has 4 rings (SSSR count). The highest BCUT2D eigenvalue weighted by Crippen LogP contribution is 2.38. The summed E-state index contributed by atoms with van der Waals surface area (Å²) in [4.78, 5) is 36.6. The zero-order valence-electron chi connectivity index (χ0n) is 23.6. The van der Waals surface area contributed by atoms with Gasteiger partial charge in [-0.2, -0.15) is 0 Å². The van der Waals surface area contributed by atoms with Crippen molar-refractivity contribution in [2.24, 2.45) is 0 Å². The van der Waals surface area contributed by atoms with Crippen molar-refractivity contribution in [3.63, 3.8) is 0 Å². The predicted molar refractivity (Wildman–Crippen MR) is 156 cm³/mol. The second-order valence-corrected chi connectivity index (χ2v) is 10.7. The number of methoxy groups -OCH3 is 1. The van der Waals surface area contributed by atoms with Crippen LogP contribution in [0.4, 0.5) is 15.8 Å². The fourth-order valence-electron chi connectivity index (χ4n) is 4.40. The average Bonchev–Trinajstić information content (AvgIpc) is 3.24. The number of ether oxygens (including phenoxy) is 2. The van der Waals surface area contributed by atoms with Crippen LogP contribution in [0.3, 0.4) is 0 Å². The van der Waals surface area contributed by atoms with Gasteiger partial charge in [-0.15, -0.1) is 0 Å². The molecule has 3 aromatic rings. The minimum atomic E-state index is -0.535. The topological polar surface area (TPSA) is 106 Å². The second-order valence-electron chi connectivity index (χ2n) is 10.7. The predicted octanol–water partition coefficient (Wildman–Crippen LogP) is 5.30. The maximum Gasteiger partial charge on any atom is 0.320 e. The molecule has 0 aromatic heterocycles. The molecule has 0 aliphatic carbocycles. The van der Waals surface area contributed by atoms with Crippen molar-refractivity contribution in [2.75, 3.05) is 24.3 Å². The number of hydrogen-bond donors (Lipinski definition) is 3. The molecule has 0 spiro atoms. The standard InChI is InChI=1S/C32H34FN3O5/c1-32(2,3)41-28(38)19-34-18-21-7-13-24(14-8-21)35-30(22-10-5-20(6-11-22)9-16-27(37)40-4)29-25-15-12-23(33)17-26(25)36-31(29)39/h5-8,10-15,17,34-35H,9,16,18-19H2,1-4H3,(H,36,39)/b30-29-. The zero-order valence-corrected chi connectivity index (χ0v) is 23.6. The molecule has 41 heavy (non-hydrogen) atoms. The molecule has 0 unspecified atom stereocenters. The van der Waals surface area contributed by atoms with Gasteiger partial charge in [0, 0.05) is 24.2 Å². The van der Waals surface area contributed by atoms with Gasteiger partial charge >= 0.3 is 11.9 Å². The summed E-state index contributed by atoms with van der Waals surface area (Å²) in [7, 11) is 1.36. The number of amides is 1. The molecule has 0 atom stereocenters. The van der Waals surface area contributed by atoms with Gasteiger partial charge in [0.15, 0.2) is 0 Å². The Hall–Kier alpha value is -4.50. The number of halogens is 1. The summed E-state index contributed by atoms with van der Waals surface area (Å²) < 4.78 is 23.9. The van der Waals surface area contributed by atoms with E-state index >= 15 is 0 Å². The van der Waals surface area contributed by atoms with E-state index in [2.05, 4.69) is 16.0 Å². The van der Waals surface area contributed by atoms with Crippen LogP contribution in [0.2, 0.25) is 0 Å². The Kier molecular flexibility index (Phi) is 9.19. The molecule has 8 nitrogen and oxygen atoms in total. The normalized spacial score (nSPS) is 13.7. The summed E-state index contributed by atoms with van der Waals surface area (Å²) in [5.41, 5.74) is 4.81. The summed E-state index contributed by atoms with van der Waals surface area (Å²) in [6, 6.07) is 19.4. The Morgan fingerprint density at radius 3 is 2.27 bits per heavy atom. The Bertz CT molecular complexity index is 1460. The van der Waals surface area contributed by atoms with Crippen molar-refractivity contribution in [1.29, 1.82) is 0 Å². The Balaban J connectivity index is 1.56. The molecule has 214 valence electrons. The molecule has 1 amide bonds. The van der Waals surface area contributed by atoms with Gasteiger partial charge in [-0.3, -0.25) is 14.4 Å². The number of benzene rings is 3. The first kappa shape index (κ1) is 29.5. The van der Waals surface area contributed by atoms with Crippen molar-refractivity contribution in [1.82, 2.24) is 5.32 Å². The lowest BCUT2D eigenvalue weighted by atomic mass is 9.98. The number of fused-ring (bicyclic) bond motifs is 1. The number of anilines is 2. The number of carbonyl (C=O) groups is 3. The second kappa shape index (κ2) is 12.8. The van der Waals surface area contributed by atoms with Crippen LogP contribution in [0.1, 0.15) is 49.4 Å². The molecule has 3 aromatic carbocycles. The number of carbonyl (C=O) groups excluding carboxylic acids is 3. The lowest BCUT2D eigenvalue weighted by Crippen LogP contribution is -2.31. The lowest BCUT2D eigenvalue weighted by Gasteiger charge is -2.19. The monoisotopic (exact) mass is 559 g/mol. The maximum atomic E-state index is 13.9. The van der Waals surface area contributed by atoms with Gasteiger partial charge in [-0.25, -0.2) is 4.39 Å². The molecular weight excluding hydrogens is 525 g/mol. The zero-order chi connectivity index (χ0) is 29.6. The maximum absolute atomic E-state index is 13.9. The minimum Gasteiger partial charge on any atom is -0.469 e. The fraction of sp³-hybridized carbons (Fsp3) is 0.281. The van der Waals surface area contributed by atoms with Crippen LogP contribution in [-0.2, 0) is 36.8 Å². The van der Waals surface area contributed by atoms with E-state index in [1.165, 1.54) is 19.2 Å². The molecule has 3 N–H and O–H groups in total. The van der Waals surface area contributed by atoms with E-state index in [-0.39, 0.29) is 30.8 Å². The molecule has 0 fully saturated rings. The van der Waals surface area contributed by atoms with Crippen molar-refractivity contribution in [2.45, 2.75) is 45.8 Å². The number of esters is 2. The summed E-state index contributed by atoms with van der Waals surface area (Å²) in [5.74, 6) is -1.39. The average molecular weight is 560 g/mol. The van der Waals surface area contributed by atoms with Gasteiger partial charge in [-0.05, 0) is 74.2 Å². The molecule has 0 saturated carbocycles. The van der Waals surface area contributed by atoms with Gasteiger partial charge < -0.3 is 25.4 Å². The number of rotatable bonds is 10.